The SMILES string of the molecule is C[C@H](C(=O)Nc1cc(C2CC2)[nH]n1)c1ccc(N2CCCC2)cc1. The lowest BCUT2D eigenvalue weighted by atomic mass is 10.00. The Morgan fingerprint density at radius 3 is 2.62 bits per heavy atom. The third kappa shape index (κ3) is 3.16. The van der Waals surface area contributed by atoms with Crippen LogP contribution in [0.1, 0.15) is 55.7 Å². The quantitative estimate of drug-likeness (QED) is 0.883. The van der Waals surface area contributed by atoms with Crippen LogP contribution >= 0.6 is 0 Å². The zero-order chi connectivity index (χ0) is 16.5. The van der Waals surface area contributed by atoms with Gasteiger partial charge < -0.3 is 10.2 Å². The molecule has 1 saturated heterocycles. The second-order valence-electron chi connectivity index (χ2n) is 6.98. The lowest BCUT2D eigenvalue weighted by Gasteiger charge is -2.18. The van der Waals surface area contributed by atoms with Gasteiger partial charge in [-0.3, -0.25) is 9.89 Å². The smallest absolute Gasteiger partial charge is 0.232 e. The summed E-state index contributed by atoms with van der Waals surface area (Å²) in [5, 5.41) is 10.1. The number of carbonyl (C=O) groups is 1. The highest BCUT2D eigenvalue weighted by Gasteiger charge is 2.26. The van der Waals surface area contributed by atoms with Crippen molar-refractivity contribution < 1.29 is 4.79 Å². The summed E-state index contributed by atoms with van der Waals surface area (Å²) >= 11 is 0. The van der Waals surface area contributed by atoms with Crippen LogP contribution in [0, 0.1) is 0 Å². The van der Waals surface area contributed by atoms with Crippen molar-refractivity contribution >= 4 is 17.4 Å². The first-order valence-corrected chi connectivity index (χ1v) is 8.92. The highest BCUT2D eigenvalue weighted by molar-refractivity contribution is 5.94. The second kappa shape index (κ2) is 6.30. The van der Waals surface area contributed by atoms with Crippen molar-refractivity contribution in [1.82, 2.24) is 10.2 Å². The maximum Gasteiger partial charge on any atom is 0.232 e. The first-order chi connectivity index (χ1) is 11.7. The molecule has 1 saturated carbocycles. The Kier molecular flexibility index (Phi) is 4.00. The zero-order valence-electron chi connectivity index (χ0n) is 14.1. The van der Waals surface area contributed by atoms with Crippen LogP contribution in [0.25, 0.3) is 0 Å². The molecule has 2 fully saturated rings. The van der Waals surface area contributed by atoms with Gasteiger partial charge in [0.1, 0.15) is 0 Å². The molecule has 1 aliphatic heterocycles. The number of nitrogens with one attached hydrogen (secondary N) is 2. The van der Waals surface area contributed by atoms with Gasteiger partial charge in [-0.05, 0) is 50.3 Å². The van der Waals surface area contributed by atoms with Crippen molar-refractivity contribution in [1.29, 1.82) is 0 Å². The van der Waals surface area contributed by atoms with Crippen LogP contribution in [-0.4, -0.2) is 29.2 Å². The normalized spacial score (nSPS) is 18.6. The van der Waals surface area contributed by atoms with E-state index in [1.165, 1.54) is 31.4 Å². The molecule has 1 aromatic carbocycles. The monoisotopic (exact) mass is 324 g/mol. The first-order valence-electron chi connectivity index (χ1n) is 8.92. The summed E-state index contributed by atoms with van der Waals surface area (Å²) < 4.78 is 0. The summed E-state index contributed by atoms with van der Waals surface area (Å²) in [6.07, 6.45) is 4.98. The first kappa shape index (κ1) is 15.2. The molecular formula is C19H24N4O. The van der Waals surface area contributed by atoms with E-state index in [0.29, 0.717) is 11.7 Å². The van der Waals surface area contributed by atoms with Crippen molar-refractivity contribution in [2.75, 3.05) is 23.3 Å². The fraction of sp³-hybridized carbons (Fsp3) is 0.474. The van der Waals surface area contributed by atoms with E-state index in [9.17, 15) is 4.79 Å². The Morgan fingerprint density at radius 1 is 1.25 bits per heavy atom. The van der Waals surface area contributed by atoms with E-state index in [1.54, 1.807) is 0 Å². The zero-order valence-corrected chi connectivity index (χ0v) is 14.1. The van der Waals surface area contributed by atoms with Gasteiger partial charge in [0.15, 0.2) is 5.82 Å². The van der Waals surface area contributed by atoms with Gasteiger partial charge in [0.2, 0.25) is 5.91 Å². The number of hydrogen-bond donors (Lipinski definition) is 2. The lowest BCUT2D eigenvalue weighted by molar-refractivity contribution is -0.117. The highest BCUT2D eigenvalue weighted by Crippen LogP contribution is 2.39. The van der Waals surface area contributed by atoms with Crippen LogP contribution in [0.4, 0.5) is 11.5 Å². The topological polar surface area (TPSA) is 61.0 Å². The number of rotatable bonds is 5. The van der Waals surface area contributed by atoms with Gasteiger partial charge in [-0.2, -0.15) is 5.10 Å². The van der Waals surface area contributed by atoms with Crippen molar-refractivity contribution in [2.24, 2.45) is 0 Å². The molecule has 5 heteroatoms. The molecule has 1 aromatic heterocycles. The summed E-state index contributed by atoms with van der Waals surface area (Å²) in [7, 11) is 0. The van der Waals surface area contributed by atoms with Crippen molar-refractivity contribution in [3.8, 4) is 0 Å². The van der Waals surface area contributed by atoms with E-state index in [2.05, 4.69) is 44.7 Å². The standard InChI is InChI=1S/C19H24N4O/c1-13(14-6-8-16(9-7-14)23-10-2-3-11-23)19(24)20-18-12-17(21-22-18)15-4-5-15/h6-9,12-13,15H,2-5,10-11H2,1H3,(H2,20,21,22,24)/t13-/m0/s1. The number of aromatic nitrogens is 2. The Bertz CT molecular complexity index is 711. The molecule has 1 atom stereocenters. The molecule has 0 bridgehead atoms. The van der Waals surface area contributed by atoms with Gasteiger partial charge in [-0.25, -0.2) is 0 Å². The maximum absolute atomic E-state index is 12.5. The largest absolute Gasteiger partial charge is 0.372 e. The number of carbonyl (C=O) groups excluding carboxylic acids is 1. The molecule has 2 aliphatic rings. The van der Waals surface area contributed by atoms with Crippen LogP contribution in [-0.2, 0) is 4.79 Å². The number of H-pyrrole nitrogens is 1. The molecular weight excluding hydrogens is 300 g/mol. The summed E-state index contributed by atoms with van der Waals surface area (Å²) in [5.41, 5.74) is 3.42. The minimum atomic E-state index is -0.196. The minimum absolute atomic E-state index is 0.0160. The van der Waals surface area contributed by atoms with Gasteiger partial charge in [-0.15, -0.1) is 0 Å². The maximum atomic E-state index is 12.5. The van der Waals surface area contributed by atoms with Crippen LogP contribution in [0.2, 0.25) is 0 Å². The van der Waals surface area contributed by atoms with Crippen molar-refractivity contribution in [3.05, 3.63) is 41.6 Å². The van der Waals surface area contributed by atoms with Gasteiger partial charge in [-0.1, -0.05) is 12.1 Å². The molecule has 1 aliphatic carbocycles. The Hall–Kier alpha value is -2.30. The van der Waals surface area contributed by atoms with Crippen LogP contribution < -0.4 is 10.2 Å². The summed E-state index contributed by atoms with van der Waals surface area (Å²) in [6.45, 7) is 4.21. The Balaban J connectivity index is 1.39. The van der Waals surface area contributed by atoms with Crippen molar-refractivity contribution in [3.63, 3.8) is 0 Å². The van der Waals surface area contributed by atoms with Crippen LogP contribution in [0.5, 0.6) is 0 Å². The van der Waals surface area contributed by atoms with Gasteiger partial charge in [0.25, 0.3) is 0 Å². The number of hydrogen-bond acceptors (Lipinski definition) is 3. The summed E-state index contributed by atoms with van der Waals surface area (Å²) in [6, 6.07) is 10.4. The van der Waals surface area contributed by atoms with E-state index in [-0.39, 0.29) is 11.8 Å². The molecule has 2 aromatic rings. The molecule has 24 heavy (non-hydrogen) atoms. The van der Waals surface area contributed by atoms with Crippen LogP contribution in [0.3, 0.4) is 0 Å². The number of aromatic amines is 1. The third-order valence-corrected chi connectivity index (χ3v) is 5.12. The molecule has 0 radical (unpaired) electrons. The van der Waals surface area contributed by atoms with Gasteiger partial charge in [0.05, 0.1) is 5.92 Å². The van der Waals surface area contributed by atoms with Gasteiger partial charge >= 0.3 is 0 Å². The van der Waals surface area contributed by atoms with Crippen LogP contribution in [0.15, 0.2) is 30.3 Å². The number of benzene rings is 1. The molecule has 5 nitrogen and oxygen atoms in total. The average molecular weight is 324 g/mol. The molecule has 4 rings (SSSR count). The third-order valence-electron chi connectivity index (χ3n) is 5.12. The number of amides is 1. The van der Waals surface area contributed by atoms with Gasteiger partial charge in [0, 0.05) is 36.5 Å². The van der Waals surface area contributed by atoms with Crippen molar-refractivity contribution in [2.45, 2.75) is 44.4 Å². The fourth-order valence-electron chi connectivity index (χ4n) is 3.34. The Labute approximate surface area is 142 Å². The second-order valence-corrected chi connectivity index (χ2v) is 6.98. The average Bonchev–Trinajstić information content (AvgIpc) is 3.11. The summed E-state index contributed by atoms with van der Waals surface area (Å²) in [5.74, 6) is 1.03. The molecule has 0 unspecified atom stereocenters. The predicted octanol–water partition coefficient (Wildman–Crippen LogP) is 3.63. The Morgan fingerprint density at radius 2 is 1.96 bits per heavy atom. The molecule has 2 N–H and O–H groups in total. The number of nitrogens with zero attached hydrogens (tertiary/aromatic N) is 2. The van der Waals surface area contributed by atoms with E-state index in [1.807, 2.05) is 13.0 Å². The van der Waals surface area contributed by atoms with E-state index >= 15 is 0 Å². The van der Waals surface area contributed by atoms with E-state index in [4.69, 9.17) is 0 Å². The summed E-state index contributed by atoms with van der Waals surface area (Å²) in [4.78, 5) is 14.9. The molecule has 2 heterocycles. The highest BCUT2D eigenvalue weighted by atomic mass is 16.1. The number of anilines is 2. The fourth-order valence-corrected chi connectivity index (χ4v) is 3.34. The van der Waals surface area contributed by atoms with E-state index < -0.39 is 0 Å². The molecule has 126 valence electrons. The minimum Gasteiger partial charge on any atom is -0.372 e. The predicted molar refractivity (Wildman–Crippen MR) is 95.5 cm³/mol. The van der Waals surface area contributed by atoms with E-state index in [0.717, 1.165) is 24.3 Å². The lowest BCUT2D eigenvalue weighted by Crippen LogP contribution is -2.20. The molecule has 0 spiro atoms. The molecule has 1 amide bonds.